The molecular formula is C5H6BF3N2O3. The SMILES string of the molecule is Cn1cc(OB(O)O)c(C(F)(F)F)n1. The summed E-state index contributed by atoms with van der Waals surface area (Å²) in [4.78, 5) is 0. The van der Waals surface area contributed by atoms with Gasteiger partial charge in [0.05, 0.1) is 6.20 Å². The lowest BCUT2D eigenvalue weighted by atomic mass is 10.2. The van der Waals surface area contributed by atoms with Crippen LogP contribution in [-0.4, -0.2) is 27.1 Å². The molecule has 0 unspecified atom stereocenters. The van der Waals surface area contributed by atoms with Gasteiger partial charge in [-0.25, -0.2) is 0 Å². The molecule has 0 fully saturated rings. The summed E-state index contributed by atoms with van der Waals surface area (Å²) in [7, 11) is -1.05. The highest BCUT2D eigenvalue weighted by atomic mass is 19.4. The van der Waals surface area contributed by atoms with Crippen molar-refractivity contribution < 1.29 is 27.9 Å². The van der Waals surface area contributed by atoms with Gasteiger partial charge in [-0.3, -0.25) is 4.68 Å². The Morgan fingerprint density at radius 2 is 2.07 bits per heavy atom. The molecule has 0 spiro atoms. The second-order valence-electron chi connectivity index (χ2n) is 2.46. The Morgan fingerprint density at radius 3 is 2.50 bits per heavy atom. The van der Waals surface area contributed by atoms with E-state index >= 15 is 0 Å². The van der Waals surface area contributed by atoms with Crippen molar-refractivity contribution in [1.29, 1.82) is 0 Å². The minimum absolute atomic E-state index is 0.727. The summed E-state index contributed by atoms with van der Waals surface area (Å²) < 4.78 is 41.5. The van der Waals surface area contributed by atoms with Gasteiger partial charge in [-0.15, -0.1) is 0 Å². The summed E-state index contributed by atoms with van der Waals surface area (Å²) in [6.07, 6.45) is -3.80. The molecule has 5 nitrogen and oxygen atoms in total. The first-order chi connectivity index (χ1) is 6.30. The third kappa shape index (κ3) is 2.39. The molecule has 2 N–H and O–H groups in total. The molecule has 1 aromatic rings. The summed E-state index contributed by atoms with van der Waals surface area (Å²) in [5.74, 6) is -0.727. The van der Waals surface area contributed by atoms with Gasteiger partial charge < -0.3 is 14.7 Å². The molecule has 0 atom stereocenters. The number of aromatic nitrogens is 2. The van der Waals surface area contributed by atoms with Gasteiger partial charge in [-0.1, -0.05) is 0 Å². The number of halogens is 3. The van der Waals surface area contributed by atoms with Crippen molar-refractivity contribution in [2.75, 3.05) is 0 Å². The quantitative estimate of drug-likeness (QED) is 0.662. The molecule has 0 bridgehead atoms. The normalized spacial score (nSPS) is 11.6. The number of hydrogen-bond donors (Lipinski definition) is 2. The van der Waals surface area contributed by atoms with Crippen LogP contribution >= 0.6 is 0 Å². The van der Waals surface area contributed by atoms with Crippen LogP contribution in [0, 0.1) is 0 Å². The minimum atomic E-state index is -4.69. The van der Waals surface area contributed by atoms with Gasteiger partial charge in [0.2, 0.25) is 5.69 Å². The van der Waals surface area contributed by atoms with Crippen LogP contribution in [0.2, 0.25) is 0 Å². The fourth-order valence-electron chi connectivity index (χ4n) is 0.863. The molecule has 0 aliphatic carbocycles. The molecule has 1 aromatic heterocycles. The van der Waals surface area contributed by atoms with Crippen LogP contribution < -0.4 is 4.65 Å². The van der Waals surface area contributed by atoms with E-state index in [4.69, 9.17) is 10.0 Å². The highest BCUT2D eigenvalue weighted by molar-refractivity contribution is 6.33. The first-order valence-corrected chi connectivity index (χ1v) is 3.44. The van der Waals surface area contributed by atoms with E-state index in [0.29, 0.717) is 0 Å². The Hall–Kier alpha value is -1.22. The topological polar surface area (TPSA) is 67.5 Å². The number of nitrogens with zero attached hydrogens (tertiary/aromatic N) is 2. The zero-order valence-electron chi connectivity index (χ0n) is 6.99. The number of rotatable bonds is 2. The lowest BCUT2D eigenvalue weighted by molar-refractivity contribution is -0.142. The third-order valence-corrected chi connectivity index (χ3v) is 1.30. The first-order valence-electron chi connectivity index (χ1n) is 3.44. The molecule has 9 heteroatoms. The van der Waals surface area contributed by atoms with Crippen LogP contribution in [0.25, 0.3) is 0 Å². The summed E-state index contributed by atoms with van der Waals surface area (Å²) in [6.45, 7) is 0. The summed E-state index contributed by atoms with van der Waals surface area (Å²) >= 11 is 0. The number of hydrogen-bond acceptors (Lipinski definition) is 4. The zero-order chi connectivity index (χ0) is 10.9. The number of alkyl halides is 3. The average Bonchev–Trinajstić information content (AvgIpc) is 2.28. The standard InChI is InChI=1S/C5H6BF3N2O3/c1-11-2-3(14-6(12)13)4(10-11)5(7,8)9/h2,12-13H,1H3. The molecule has 14 heavy (non-hydrogen) atoms. The van der Waals surface area contributed by atoms with Crippen molar-refractivity contribution in [3.63, 3.8) is 0 Å². The maximum absolute atomic E-state index is 12.2. The predicted octanol–water partition coefficient (Wildman–Crippen LogP) is -0.213. The summed E-state index contributed by atoms with van der Waals surface area (Å²) in [6, 6.07) is 0. The van der Waals surface area contributed by atoms with E-state index in [-0.39, 0.29) is 0 Å². The third-order valence-electron chi connectivity index (χ3n) is 1.30. The second-order valence-corrected chi connectivity index (χ2v) is 2.46. The number of aryl methyl sites for hydroxylation is 1. The summed E-state index contributed by atoms with van der Waals surface area (Å²) in [5.41, 5.74) is -1.30. The molecule has 0 radical (unpaired) electrons. The Balaban J connectivity index is 3.03. The Bertz CT molecular complexity index is 325. The monoisotopic (exact) mass is 210 g/mol. The van der Waals surface area contributed by atoms with Gasteiger partial charge in [0, 0.05) is 7.05 Å². The van der Waals surface area contributed by atoms with E-state index in [2.05, 4.69) is 9.75 Å². The maximum atomic E-state index is 12.2. The highest BCUT2D eigenvalue weighted by Crippen LogP contribution is 2.34. The molecule has 1 rings (SSSR count). The molecule has 0 aliphatic rings. The second kappa shape index (κ2) is 3.50. The van der Waals surface area contributed by atoms with Gasteiger partial charge in [0.25, 0.3) is 0 Å². The first kappa shape index (κ1) is 10.9. The van der Waals surface area contributed by atoms with Crippen molar-refractivity contribution in [2.24, 2.45) is 7.05 Å². The predicted molar refractivity (Wildman–Crippen MR) is 39.0 cm³/mol. The highest BCUT2D eigenvalue weighted by Gasteiger charge is 2.38. The van der Waals surface area contributed by atoms with Crippen LogP contribution in [-0.2, 0) is 13.2 Å². The Morgan fingerprint density at radius 1 is 1.50 bits per heavy atom. The molecule has 0 aliphatic heterocycles. The van der Waals surface area contributed by atoms with Crippen molar-refractivity contribution in [2.45, 2.75) is 6.18 Å². The van der Waals surface area contributed by atoms with E-state index in [9.17, 15) is 13.2 Å². The largest absolute Gasteiger partial charge is 0.707 e. The molecule has 0 saturated carbocycles. The minimum Gasteiger partial charge on any atom is -0.509 e. The molecule has 1 heterocycles. The lowest BCUT2D eigenvalue weighted by Gasteiger charge is -2.06. The van der Waals surface area contributed by atoms with E-state index in [1.807, 2.05) is 0 Å². The molecular weight excluding hydrogens is 204 g/mol. The van der Waals surface area contributed by atoms with Crippen LogP contribution in [0.4, 0.5) is 13.2 Å². The average molecular weight is 210 g/mol. The van der Waals surface area contributed by atoms with Gasteiger partial charge in [0.15, 0.2) is 5.75 Å². The fourth-order valence-corrected chi connectivity index (χ4v) is 0.863. The molecule has 78 valence electrons. The van der Waals surface area contributed by atoms with E-state index in [1.54, 1.807) is 0 Å². The van der Waals surface area contributed by atoms with Gasteiger partial charge in [-0.05, 0) is 0 Å². The van der Waals surface area contributed by atoms with E-state index in [1.165, 1.54) is 7.05 Å². The van der Waals surface area contributed by atoms with Gasteiger partial charge >= 0.3 is 13.5 Å². The van der Waals surface area contributed by atoms with Gasteiger partial charge in [0.1, 0.15) is 0 Å². The Labute approximate surface area is 76.9 Å². The fraction of sp³-hybridized carbons (Fsp3) is 0.400. The van der Waals surface area contributed by atoms with E-state index in [0.717, 1.165) is 10.9 Å². The summed E-state index contributed by atoms with van der Waals surface area (Å²) in [5, 5.41) is 19.7. The van der Waals surface area contributed by atoms with Crippen molar-refractivity contribution in [3.05, 3.63) is 11.9 Å². The maximum Gasteiger partial charge on any atom is 0.707 e. The molecule has 0 amide bonds. The van der Waals surface area contributed by atoms with Crippen LogP contribution in [0.15, 0.2) is 6.20 Å². The van der Waals surface area contributed by atoms with E-state index < -0.39 is 24.9 Å². The van der Waals surface area contributed by atoms with Crippen molar-refractivity contribution in [3.8, 4) is 5.75 Å². The van der Waals surface area contributed by atoms with Crippen LogP contribution in [0.5, 0.6) is 5.75 Å². The molecule has 0 aromatic carbocycles. The van der Waals surface area contributed by atoms with Gasteiger partial charge in [-0.2, -0.15) is 18.3 Å². The lowest BCUT2D eigenvalue weighted by Crippen LogP contribution is -2.22. The van der Waals surface area contributed by atoms with Crippen LogP contribution in [0.3, 0.4) is 0 Å². The van der Waals surface area contributed by atoms with Crippen molar-refractivity contribution in [1.82, 2.24) is 9.78 Å². The zero-order valence-corrected chi connectivity index (χ0v) is 6.99. The Kier molecular flexibility index (Phi) is 2.72. The smallest absolute Gasteiger partial charge is 0.509 e. The molecule has 0 saturated heterocycles. The van der Waals surface area contributed by atoms with Crippen LogP contribution in [0.1, 0.15) is 5.69 Å². The van der Waals surface area contributed by atoms with Crippen molar-refractivity contribution >= 4 is 7.32 Å².